The van der Waals surface area contributed by atoms with Crippen LogP contribution in [0.4, 0.5) is 0 Å². The summed E-state index contributed by atoms with van der Waals surface area (Å²) in [5, 5.41) is 3.32. The summed E-state index contributed by atoms with van der Waals surface area (Å²) in [6.45, 7) is 4.93. The monoisotopic (exact) mass is 159 g/mol. The van der Waals surface area contributed by atoms with Gasteiger partial charge in [0.05, 0.1) is 0 Å². The fourth-order valence-corrected chi connectivity index (χ4v) is 0.849. The lowest BCUT2D eigenvalue weighted by atomic mass is 10.2. The number of hydrogen-bond donors (Lipinski definition) is 3. The highest BCUT2D eigenvalue weighted by Gasteiger charge is 1.92. The van der Waals surface area contributed by atoms with Crippen molar-refractivity contribution in [2.24, 2.45) is 11.5 Å². The van der Waals surface area contributed by atoms with E-state index < -0.39 is 0 Å². The molecule has 0 amide bonds. The summed E-state index contributed by atoms with van der Waals surface area (Å²) in [5.74, 6) is 0. The Kier molecular flexibility index (Phi) is 7.89. The lowest BCUT2D eigenvalue weighted by Crippen LogP contribution is -2.24. The van der Waals surface area contributed by atoms with Crippen molar-refractivity contribution in [1.82, 2.24) is 5.32 Å². The highest BCUT2D eigenvalue weighted by molar-refractivity contribution is 4.56. The molecule has 5 N–H and O–H groups in total. The molecule has 0 heterocycles. The number of nitrogens with one attached hydrogen (secondary N) is 1. The zero-order chi connectivity index (χ0) is 8.53. The Morgan fingerprint density at radius 3 is 2.55 bits per heavy atom. The highest BCUT2D eigenvalue weighted by Crippen LogP contribution is 1.85. The Hall–Kier alpha value is -0.120. The molecule has 1 unspecified atom stereocenters. The van der Waals surface area contributed by atoms with Crippen LogP contribution >= 0.6 is 0 Å². The first-order valence-electron chi connectivity index (χ1n) is 4.43. The fraction of sp³-hybridized carbons (Fsp3) is 1.00. The molecule has 0 bridgehead atoms. The maximum absolute atomic E-state index is 5.57. The number of nitrogens with two attached hydrogens (primary N) is 2. The molecule has 0 rings (SSSR count). The summed E-state index contributed by atoms with van der Waals surface area (Å²) >= 11 is 0. The van der Waals surface area contributed by atoms with Gasteiger partial charge in [0.15, 0.2) is 0 Å². The number of hydrogen-bond acceptors (Lipinski definition) is 3. The smallest absolute Gasteiger partial charge is 0.00225 e. The molecule has 0 aromatic heterocycles. The zero-order valence-corrected chi connectivity index (χ0v) is 7.47. The number of unbranched alkanes of at least 4 members (excludes halogenated alkanes) is 1. The summed E-state index contributed by atoms with van der Waals surface area (Å²) in [6, 6.07) is 0.317. The number of rotatable bonds is 7. The van der Waals surface area contributed by atoms with E-state index in [2.05, 4.69) is 5.32 Å². The lowest BCUT2D eigenvalue weighted by molar-refractivity contribution is 0.569. The van der Waals surface area contributed by atoms with Crippen LogP contribution in [0.15, 0.2) is 0 Å². The van der Waals surface area contributed by atoms with Crippen molar-refractivity contribution in [1.29, 1.82) is 0 Å². The van der Waals surface area contributed by atoms with Gasteiger partial charge in [-0.3, -0.25) is 0 Å². The standard InChI is InChI=1S/C8H21N3/c1-8(10)4-7-11-6-3-2-5-9/h8,11H,2-7,9-10H2,1H3. The van der Waals surface area contributed by atoms with Crippen molar-refractivity contribution in [2.75, 3.05) is 19.6 Å². The Morgan fingerprint density at radius 2 is 2.00 bits per heavy atom. The van der Waals surface area contributed by atoms with Gasteiger partial charge in [-0.2, -0.15) is 0 Å². The predicted octanol–water partition coefficient (Wildman–Crippen LogP) is 0.0522. The largest absolute Gasteiger partial charge is 0.330 e. The van der Waals surface area contributed by atoms with Crippen molar-refractivity contribution in [3.63, 3.8) is 0 Å². The highest BCUT2D eigenvalue weighted by atomic mass is 14.8. The Balaban J connectivity index is 2.80. The van der Waals surface area contributed by atoms with Gasteiger partial charge in [0.1, 0.15) is 0 Å². The molecule has 0 aliphatic rings. The Morgan fingerprint density at radius 1 is 1.27 bits per heavy atom. The predicted molar refractivity (Wildman–Crippen MR) is 49.4 cm³/mol. The van der Waals surface area contributed by atoms with E-state index in [-0.39, 0.29) is 0 Å². The van der Waals surface area contributed by atoms with Crippen LogP contribution in [0.5, 0.6) is 0 Å². The average Bonchev–Trinajstić information content (AvgIpc) is 1.96. The van der Waals surface area contributed by atoms with Crippen molar-refractivity contribution in [3.05, 3.63) is 0 Å². The molecule has 0 saturated carbocycles. The maximum Gasteiger partial charge on any atom is 0.00225 e. The molecular formula is C8H21N3. The molecule has 68 valence electrons. The van der Waals surface area contributed by atoms with Gasteiger partial charge >= 0.3 is 0 Å². The minimum absolute atomic E-state index is 0.317. The summed E-state index contributed by atoms with van der Waals surface area (Å²) in [5.41, 5.74) is 10.9. The first-order chi connectivity index (χ1) is 5.27. The topological polar surface area (TPSA) is 64.1 Å². The van der Waals surface area contributed by atoms with Crippen molar-refractivity contribution in [2.45, 2.75) is 32.2 Å². The van der Waals surface area contributed by atoms with Gasteiger partial charge in [0.2, 0.25) is 0 Å². The van der Waals surface area contributed by atoms with Gasteiger partial charge in [-0.25, -0.2) is 0 Å². The fourth-order valence-electron chi connectivity index (χ4n) is 0.849. The van der Waals surface area contributed by atoms with Crippen molar-refractivity contribution >= 4 is 0 Å². The lowest BCUT2D eigenvalue weighted by Gasteiger charge is -2.05. The molecule has 11 heavy (non-hydrogen) atoms. The van der Waals surface area contributed by atoms with E-state index >= 15 is 0 Å². The zero-order valence-electron chi connectivity index (χ0n) is 7.47. The minimum atomic E-state index is 0.317. The average molecular weight is 159 g/mol. The molecule has 0 radical (unpaired) electrons. The van der Waals surface area contributed by atoms with Crippen LogP contribution in [0.2, 0.25) is 0 Å². The van der Waals surface area contributed by atoms with Crippen LogP contribution in [0.3, 0.4) is 0 Å². The van der Waals surface area contributed by atoms with Crippen LogP contribution in [-0.2, 0) is 0 Å². The Labute approximate surface area is 69.5 Å². The second-order valence-corrected chi connectivity index (χ2v) is 3.01. The normalized spacial score (nSPS) is 13.4. The molecule has 0 saturated heterocycles. The molecule has 0 spiro atoms. The van der Waals surface area contributed by atoms with Gasteiger partial charge in [-0.1, -0.05) is 0 Å². The van der Waals surface area contributed by atoms with Gasteiger partial charge in [-0.15, -0.1) is 0 Å². The third kappa shape index (κ3) is 9.88. The van der Waals surface area contributed by atoms with Crippen LogP contribution < -0.4 is 16.8 Å². The second-order valence-electron chi connectivity index (χ2n) is 3.01. The third-order valence-electron chi connectivity index (χ3n) is 1.58. The van der Waals surface area contributed by atoms with Crippen LogP contribution in [0.1, 0.15) is 26.2 Å². The van der Waals surface area contributed by atoms with Crippen molar-refractivity contribution < 1.29 is 0 Å². The van der Waals surface area contributed by atoms with E-state index in [0.29, 0.717) is 6.04 Å². The molecule has 0 aromatic rings. The second kappa shape index (κ2) is 7.98. The molecule has 0 aliphatic carbocycles. The molecule has 3 nitrogen and oxygen atoms in total. The molecule has 0 aromatic carbocycles. The van der Waals surface area contributed by atoms with E-state index in [4.69, 9.17) is 11.5 Å². The van der Waals surface area contributed by atoms with E-state index in [1.54, 1.807) is 0 Å². The van der Waals surface area contributed by atoms with Crippen LogP contribution in [0, 0.1) is 0 Å². The molecule has 0 aliphatic heterocycles. The summed E-state index contributed by atoms with van der Waals surface area (Å²) < 4.78 is 0. The molecule has 1 atom stereocenters. The summed E-state index contributed by atoms with van der Waals surface area (Å²) in [6.07, 6.45) is 3.35. The molecule has 0 fully saturated rings. The van der Waals surface area contributed by atoms with E-state index in [9.17, 15) is 0 Å². The summed E-state index contributed by atoms with van der Waals surface area (Å²) in [4.78, 5) is 0. The van der Waals surface area contributed by atoms with E-state index in [1.807, 2.05) is 6.92 Å². The first-order valence-corrected chi connectivity index (χ1v) is 4.43. The minimum Gasteiger partial charge on any atom is -0.330 e. The third-order valence-corrected chi connectivity index (χ3v) is 1.58. The first kappa shape index (κ1) is 10.9. The maximum atomic E-state index is 5.57. The van der Waals surface area contributed by atoms with Gasteiger partial charge in [-0.05, 0) is 45.8 Å². The van der Waals surface area contributed by atoms with Crippen LogP contribution in [0.25, 0.3) is 0 Å². The van der Waals surface area contributed by atoms with Gasteiger partial charge in [0, 0.05) is 6.04 Å². The Bertz CT molecular complexity index is 73.7. The van der Waals surface area contributed by atoms with Gasteiger partial charge < -0.3 is 16.8 Å². The summed E-state index contributed by atoms with van der Waals surface area (Å²) in [7, 11) is 0. The van der Waals surface area contributed by atoms with Crippen LogP contribution in [-0.4, -0.2) is 25.7 Å². The van der Waals surface area contributed by atoms with Crippen molar-refractivity contribution in [3.8, 4) is 0 Å². The SMILES string of the molecule is CC(N)CCNCCCCN. The molecular weight excluding hydrogens is 138 g/mol. The van der Waals surface area contributed by atoms with E-state index in [1.165, 1.54) is 6.42 Å². The van der Waals surface area contributed by atoms with E-state index in [0.717, 1.165) is 32.5 Å². The molecule has 3 heteroatoms. The quantitative estimate of drug-likeness (QED) is 0.460. The van der Waals surface area contributed by atoms with Gasteiger partial charge in [0.25, 0.3) is 0 Å².